The van der Waals surface area contributed by atoms with E-state index in [9.17, 15) is 9.18 Å². The van der Waals surface area contributed by atoms with Gasteiger partial charge in [0.2, 0.25) is 0 Å². The van der Waals surface area contributed by atoms with Crippen molar-refractivity contribution in [3.63, 3.8) is 0 Å². The largest absolute Gasteiger partial charge is 0.496 e. The van der Waals surface area contributed by atoms with Gasteiger partial charge in [0.15, 0.2) is 5.78 Å². The molecule has 2 N–H and O–H groups in total. The van der Waals surface area contributed by atoms with Gasteiger partial charge in [0.25, 0.3) is 0 Å². The van der Waals surface area contributed by atoms with E-state index in [0.29, 0.717) is 5.69 Å². The number of nitrogens with two attached hydrogens (primary N) is 1. The Morgan fingerprint density at radius 1 is 1.32 bits per heavy atom. The number of rotatable bonds is 3. The molecule has 98 valence electrons. The lowest BCUT2D eigenvalue weighted by Crippen LogP contribution is -2.07. The van der Waals surface area contributed by atoms with Gasteiger partial charge in [0.05, 0.1) is 17.8 Å². The molecule has 2 rings (SSSR count). The molecule has 0 atom stereocenters. The van der Waals surface area contributed by atoms with Crippen molar-refractivity contribution in [2.45, 2.75) is 0 Å². The van der Waals surface area contributed by atoms with Gasteiger partial charge in [-0.05, 0) is 30.3 Å². The molecular weight excluding hydrogens is 269 g/mol. The summed E-state index contributed by atoms with van der Waals surface area (Å²) < 4.78 is 18.8. The SMILES string of the molecule is COc1cccc(F)c1C(=O)c1ccc(N)c(Cl)c1. The van der Waals surface area contributed by atoms with Gasteiger partial charge in [-0.2, -0.15) is 0 Å². The first-order valence-corrected chi connectivity index (χ1v) is 5.84. The van der Waals surface area contributed by atoms with E-state index < -0.39 is 11.6 Å². The Morgan fingerprint density at radius 2 is 2.05 bits per heavy atom. The van der Waals surface area contributed by atoms with Crippen LogP contribution in [0.5, 0.6) is 5.75 Å². The Bertz CT molecular complexity index is 643. The van der Waals surface area contributed by atoms with Crippen molar-refractivity contribution in [2.75, 3.05) is 12.8 Å². The number of carbonyl (C=O) groups is 1. The maximum atomic E-state index is 13.8. The van der Waals surface area contributed by atoms with Crippen LogP contribution in [0, 0.1) is 5.82 Å². The number of anilines is 1. The quantitative estimate of drug-likeness (QED) is 0.693. The second kappa shape index (κ2) is 5.28. The molecule has 0 bridgehead atoms. The molecule has 0 saturated carbocycles. The highest BCUT2D eigenvalue weighted by molar-refractivity contribution is 6.33. The second-order valence-corrected chi connectivity index (χ2v) is 4.29. The zero-order chi connectivity index (χ0) is 14.0. The third-order valence-electron chi connectivity index (χ3n) is 2.68. The first-order valence-electron chi connectivity index (χ1n) is 5.47. The van der Waals surface area contributed by atoms with Gasteiger partial charge in [0.1, 0.15) is 17.1 Å². The maximum absolute atomic E-state index is 13.8. The second-order valence-electron chi connectivity index (χ2n) is 3.88. The van der Waals surface area contributed by atoms with Gasteiger partial charge in [0, 0.05) is 5.56 Å². The van der Waals surface area contributed by atoms with Crippen LogP contribution in [-0.2, 0) is 0 Å². The molecule has 0 radical (unpaired) electrons. The fourth-order valence-electron chi connectivity index (χ4n) is 1.71. The summed E-state index contributed by atoms with van der Waals surface area (Å²) in [4.78, 5) is 12.3. The van der Waals surface area contributed by atoms with Crippen molar-refractivity contribution in [3.05, 3.63) is 58.4 Å². The molecule has 0 aliphatic carbocycles. The summed E-state index contributed by atoms with van der Waals surface area (Å²) in [5.74, 6) is -0.966. The zero-order valence-corrected chi connectivity index (χ0v) is 10.9. The van der Waals surface area contributed by atoms with Gasteiger partial charge >= 0.3 is 0 Å². The van der Waals surface area contributed by atoms with Crippen molar-refractivity contribution in [1.82, 2.24) is 0 Å². The minimum Gasteiger partial charge on any atom is -0.496 e. The lowest BCUT2D eigenvalue weighted by Gasteiger charge is -2.09. The summed E-state index contributed by atoms with van der Waals surface area (Å²) >= 11 is 5.86. The molecule has 0 heterocycles. The van der Waals surface area contributed by atoms with Crippen LogP contribution in [0.3, 0.4) is 0 Å². The number of hydrogen-bond acceptors (Lipinski definition) is 3. The van der Waals surface area contributed by atoms with Gasteiger partial charge in [-0.1, -0.05) is 17.7 Å². The van der Waals surface area contributed by atoms with Crippen molar-refractivity contribution in [1.29, 1.82) is 0 Å². The van der Waals surface area contributed by atoms with E-state index in [2.05, 4.69) is 0 Å². The molecule has 0 amide bonds. The van der Waals surface area contributed by atoms with Crippen LogP contribution >= 0.6 is 11.6 Å². The van der Waals surface area contributed by atoms with Crippen molar-refractivity contribution in [2.24, 2.45) is 0 Å². The molecule has 2 aromatic rings. The topological polar surface area (TPSA) is 52.3 Å². The number of benzene rings is 2. The Balaban J connectivity index is 2.52. The molecule has 3 nitrogen and oxygen atoms in total. The van der Waals surface area contributed by atoms with Gasteiger partial charge < -0.3 is 10.5 Å². The fourth-order valence-corrected chi connectivity index (χ4v) is 1.89. The van der Waals surface area contributed by atoms with Crippen LogP contribution in [0.25, 0.3) is 0 Å². The molecule has 0 saturated heterocycles. The molecule has 0 aromatic heterocycles. The molecule has 0 aliphatic heterocycles. The summed E-state index contributed by atoms with van der Waals surface area (Å²) in [6.07, 6.45) is 0. The van der Waals surface area contributed by atoms with Crippen molar-refractivity contribution >= 4 is 23.1 Å². The molecule has 0 fully saturated rings. The van der Waals surface area contributed by atoms with Crippen molar-refractivity contribution in [3.8, 4) is 5.75 Å². The summed E-state index contributed by atoms with van der Waals surface area (Å²) in [6, 6.07) is 8.61. The monoisotopic (exact) mass is 279 g/mol. The molecule has 0 unspecified atom stereocenters. The minimum absolute atomic E-state index is 0.120. The zero-order valence-electron chi connectivity index (χ0n) is 10.1. The maximum Gasteiger partial charge on any atom is 0.199 e. The van der Waals surface area contributed by atoms with E-state index in [1.54, 1.807) is 0 Å². The molecular formula is C14H11ClFNO2. The summed E-state index contributed by atoms with van der Waals surface area (Å²) in [7, 11) is 1.38. The van der Waals surface area contributed by atoms with Gasteiger partial charge in [-0.15, -0.1) is 0 Å². The summed E-state index contributed by atoms with van der Waals surface area (Å²) in [5, 5.41) is 0.251. The van der Waals surface area contributed by atoms with E-state index in [1.807, 2.05) is 0 Å². The molecule has 2 aromatic carbocycles. The highest BCUT2D eigenvalue weighted by Gasteiger charge is 2.19. The average Bonchev–Trinajstić information content (AvgIpc) is 2.40. The first-order chi connectivity index (χ1) is 9.04. The number of halogens is 2. The fraction of sp³-hybridized carbons (Fsp3) is 0.0714. The van der Waals surface area contributed by atoms with Crippen LogP contribution < -0.4 is 10.5 Å². The van der Waals surface area contributed by atoms with Crippen LogP contribution in [0.2, 0.25) is 5.02 Å². The number of ether oxygens (including phenoxy) is 1. The Morgan fingerprint density at radius 3 is 2.68 bits per heavy atom. The predicted octanol–water partition coefficient (Wildman–Crippen LogP) is 3.30. The number of ketones is 1. The van der Waals surface area contributed by atoms with E-state index >= 15 is 0 Å². The molecule has 5 heteroatoms. The Hall–Kier alpha value is -2.07. The number of carbonyl (C=O) groups excluding carboxylic acids is 1. The first kappa shape index (κ1) is 13.4. The normalized spacial score (nSPS) is 10.3. The van der Waals surface area contributed by atoms with Crippen LogP contribution in [-0.4, -0.2) is 12.9 Å². The van der Waals surface area contributed by atoms with Gasteiger partial charge in [-0.25, -0.2) is 4.39 Å². The van der Waals surface area contributed by atoms with Crippen molar-refractivity contribution < 1.29 is 13.9 Å². The minimum atomic E-state index is -0.641. The van der Waals surface area contributed by atoms with E-state index in [0.717, 1.165) is 0 Å². The third kappa shape index (κ3) is 2.53. The van der Waals surface area contributed by atoms with Crippen LogP contribution in [0.15, 0.2) is 36.4 Å². The summed E-state index contributed by atoms with van der Waals surface area (Å²) in [6.45, 7) is 0. The molecule has 0 aliphatic rings. The Kier molecular flexibility index (Phi) is 3.71. The average molecular weight is 280 g/mol. The molecule has 0 spiro atoms. The van der Waals surface area contributed by atoms with Crippen LogP contribution in [0.4, 0.5) is 10.1 Å². The lowest BCUT2D eigenvalue weighted by molar-refractivity contribution is 0.103. The Labute approximate surface area is 114 Å². The lowest BCUT2D eigenvalue weighted by atomic mass is 10.0. The summed E-state index contributed by atoms with van der Waals surface area (Å²) in [5.41, 5.74) is 6.06. The predicted molar refractivity (Wildman–Crippen MR) is 72.2 cm³/mol. The standard InChI is InChI=1S/C14H11ClFNO2/c1-19-12-4-2-3-10(16)13(12)14(18)8-5-6-11(17)9(15)7-8/h2-7H,17H2,1H3. The van der Waals surface area contributed by atoms with Crippen LogP contribution in [0.1, 0.15) is 15.9 Å². The van der Waals surface area contributed by atoms with E-state index in [4.69, 9.17) is 22.1 Å². The smallest absolute Gasteiger partial charge is 0.199 e. The molecule has 19 heavy (non-hydrogen) atoms. The number of nitrogen functional groups attached to an aromatic ring is 1. The highest BCUT2D eigenvalue weighted by Crippen LogP contribution is 2.27. The third-order valence-corrected chi connectivity index (χ3v) is 3.01. The van der Waals surface area contributed by atoms with E-state index in [-0.39, 0.29) is 21.9 Å². The number of hydrogen-bond donors (Lipinski definition) is 1. The highest BCUT2D eigenvalue weighted by atomic mass is 35.5. The van der Waals surface area contributed by atoms with E-state index in [1.165, 1.54) is 43.5 Å². The van der Waals surface area contributed by atoms with Gasteiger partial charge in [-0.3, -0.25) is 4.79 Å². The number of methoxy groups -OCH3 is 1.